The molecule has 2 aliphatic rings. The molecule has 2 aliphatic carbocycles. The first-order valence-electron chi connectivity index (χ1n) is 9.25. The number of nitrogens with zero attached hydrogens (tertiary/aromatic N) is 1. The van der Waals surface area contributed by atoms with Gasteiger partial charge in [0.1, 0.15) is 5.78 Å². The number of benzene rings is 1. The van der Waals surface area contributed by atoms with E-state index in [0.717, 1.165) is 5.56 Å². The Hall–Kier alpha value is -1.53. The molecule has 142 valence electrons. The number of Topliss-reactive ketones (excluding diaryl/α,β-unsaturated/α-hetero) is 1. The van der Waals surface area contributed by atoms with Gasteiger partial charge < -0.3 is 4.43 Å². The number of nitro groups is 1. The van der Waals surface area contributed by atoms with Crippen molar-refractivity contribution < 1.29 is 14.1 Å². The van der Waals surface area contributed by atoms with Gasteiger partial charge in [0.25, 0.3) is 5.69 Å². The van der Waals surface area contributed by atoms with Gasteiger partial charge in [-0.3, -0.25) is 14.9 Å². The van der Waals surface area contributed by atoms with E-state index < -0.39 is 18.7 Å². The maximum Gasteiger partial charge on any atom is 0.269 e. The Morgan fingerprint density at radius 1 is 1.12 bits per heavy atom. The SMILES string of the molecule is CC1(C)C(=O)[C@H]2[C@H](c3ccc([N+](=O)[O-])cc3)[C@H]2[C@H]1O[Si](C)(C)C(C)(C)C. The zero-order valence-corrected chi connectivity index (χ0v) is 17.7. The molecule has 0 amide bonds. The summed E-state index contributed by atoms with van der Waals surface area (Å²) in [5.41, 5.74) is 0.626. The molecule has 0 N–H and O–H groups in total. The number of nitro benzene ring substituents is 1. The van der Waals surface area contributed by atoms with Crippen LogP contribution >= 0.6 is 0 Å². The molecule has 5 nitrogen and oxygen atoms in total. The fourth-order valence-electron chi connectivity index (χ4n) is 4.07. The second-order valence-electron chi connectivity index (χ2n) is 9.86. The van der Waals surface area contributed by atoms with Gasteiger partial charge in [-0.1, -0.05) is 46.8 Å². The molecule has 0 unspecified atom stereocenters. The van der Waals surface area contributed by atoms with Crippen LogP contribution in [-0.4, -0.2) is 25.1 Å². The number of hydrogen-bond acceptors (Lipinski definition) is 4. The zero-order chi connectivity index (χ0) is 19.7. The number of carbonyl (C=O) groups excluding carboxylic acids is 1. The van der Waals surface area contributed by atoms with Gasteiger partial charge in [0.15, 0.2) is 8.32 Å². The lowest BCUT2D eigenvalue weighted by Gasteiger charge is -2.42. The van der Waals surface area contributed by atoms with Crippen molar-refractivity contribution in [3.8, 4) is 0 Å². The smallest absolute Gasteiger partial charge is 0.269 e. The van der Waals surface area contributed by atoms with E-state index in [4.69, 9.17) is 4.43 Å². The Kier molecular flexibility index (Phi) is 4.24. The van der Waals surface area contributed by atoms with Crippen molar-refractivity contribution in [3.63, 3.8) is 0 Å². The quantitative estimate of drug-likeness (QED) is 0.425. The molecule has 2 fully saturated rings. The van der Waals surface area contributed by atoms with E-state index in [9.17, 15) is 14.9 Å². The van der Waals surface area contributed by atoms with Gasteiger partial charge in [0.05, 0.1) is 11.0 Å². The summed E-state index contributed by atoms with van der Waals surface area (Å²) in [7, 11) is -2.00. The predicted molar refractivity (Wildman–Crippen MR) is 104 cm³/mol. The predicted octanol–water partition coefficient (Wildman–Crippen LogP) is 4.92. The summed E-state index contributed by atoms with van der Waals surface area (Å²) in [4.78, 5) is 23.5. The lowest BCUT2D eigenvalue weighted by atomic mass is 9.81. The standard InChI is InChI=1S/C20H29NO4Si/c1-19(2,3)26(6,7)25-18-16-14(15(16)17(22)20(18,4)5)12-8-10-13(11-9-12)21(23)24/h8-11,14-16,18H,1-7H3/t14-,15-,16+,18+/m0/s1. The number of non-ortho nitro benzene ring substituents is 1. The van der Waals surface area contributed by atoms with E-state index in [-0.39, 0.29) is 40.4 Å². The summed E-state index contributed by atoms with van der Waals surface area (Å²) in [5.74, 6) is 0.579. The van der Waals surface area contributed by atoms with Crippen molar-refractivity contribution in [2.24, 2.45) is 17.3 Å². The highest BCUT2D eigenvalue weighted by Crippen LogP contribution is 2.67. The van der Waals surface area contributed by atoms with Gasteiger partial charge in [0.2, 0.25) is 0 Å². The number of ketones is 1. The van der Waals surface area contributed by atoms with Crippen molar-refractivity contribution in [1.82, 2.24) is 0 Å². The molecule has 3 rings (SSSR count). The first kappa shape index (κ1) is 19.2. The third kappa shape index (κ3) is 2.83. The van der Waals surface area contributed by atoms with Crippen LogP contribution in [0.15, 0.2) is 24.3 Å². The first-order chi connectivity index (χ1) is 11.8. The second kappa shape index (κ2) is 5.73. The van der Waals surface area contributed by atoms with Crippen LogP contribution in [0.4, 0.5) is 5.69 Å². The van der Waals surface area contributed by atoms with Gasteiger partial charge in [-0.15, -0.1) is 0 Å². The molecule has 0 aliphatic heterocycles. The molecule has 0 radical (unpaired) electrons. The first-order valence-corrected chi connectivity index (χ1v) is 12.2. The maximum absolute atomic E-state index is 13.0. The minimum Gasteiger partial charge on any atom is -0.413 e. The molecule has 1 aromatic carbocycles. The van der Waals surface area contributed by atoms with E-state index in [1.54, 1.807) is 12.1 Å². The minimum atomic E-state index is -2.00. The molecule has 0 spiro atoms. The summed E-state index contributed by atoms with van der Waals surface area (Å²) in [6.45, 7) is 15.1. The van der Waals surface area contributed by atoms with E-state index in [1.807, 2.05) is 13.8 Å². The second-order valence-corrected chi connectivity index (χ2v) is 14.6. The third-order valence-electron chi connectivity index (χ3n) is 6.79. The molecule has 2 saturated carbocycles. The molecule has 4 atom stereocenters. The molecule has 6 heteroatoms. The van der Waals surface area contributed by atoms with E-state index in [2.05, 4.69) is 33.9 Å². The van der Waals surface area contributed by atoms with Crippen LogP contribution in [0, 0.1) is 27.4 Å². The van der Waals surface area contributed by atoms with E-state index in [0.29, 0.717) is 0 Å². The van der Waals surface area contributed by atoms with Crippen molar-refractivity contribution in [1.29, 1.82) is 0 Å². The highest BCUT2D eigenvalue weighted by molar-refractivity contribution is 6.74. The van der Waals surface area contributed by atoms with Crippen LogP contribution in [0.2, 0.25) is 18.1 Å². The molecule has 0 saturated heterocycles. The van der Waals surface area contributed by atoms with Gasteiger partial charge >= 0.3 is 0 Å². The lowest BCUT2D eigenvalue weighted by Crippen LogP contribution is -2.49. The number of hydrogen-bond donors (Lipinski definition) is 0. The molecule has 0 bridgehead atoms. The van der Waals surface area contributed by atoms with Crippen LogP contribution in [0.3, 0.4) is 0 Å². The Labute approximate surface area is 156 Å². The summed E-state index contributed by atoms with van der Waals surface area (Å²) < 4.78 is 6.73. The minimum absolute atomic E-state index is 0.0128. The highest BCUT2D eigenvalue weighted by atomic mass is 28.4. The molecule has 0 aromatic heterocycles. The lowest BCUT2D eigenvalue weighted by molar-refractivity contribution is -0.384. The van der Waals surface area contributed by atoms with Gasteiger partial charge in [-0.2, -0.15) is 0 Å². The molecular weight excluding hydrogens is 346 g/mol. The Morgan fingerprint density at radius 2 is 1.65 bits per heavy atom. The molecule has 0 heterocycles. The fourth-order valence-corrected chi connectivity index (χ4v) is 5.51. The normalized spacial score (nSPS) is 30.2. The van der Waals surface area contributed by atoms with E-state index >= 15 is 0 Å². The average molecular weight is 376 g/mol. The van der Waals surface area contributed by atoms with Gasteiger partial charge in [0, 0.05) is 29.4 Å². The Morgan fingerprint density at radius 3 is 2.12 bits per heavy atom. The van der Waals surface area contributed by atoms with Crippen molar-refractivity contribution >= 4 is 19.8 Å². The van der Waals surface area contributed by atoms with Gasteiger partial charge in [-0.05, 0) is 29.6 Å². The zero-order valence-electron chi connectivity index (χ0n) is 16.7. The van der Waals surface area contributed by atoms with Crippen molar-refractivity contribution in [2.75, 3.05) is 0 Å². The Balaban J connectivity index is 1.87. The molecule has 1 aromatic rings. The summed E-state index contributed by atoms with van der Waals surface area (Å²) >= 11 is 0. The Bertz CT molecular complexity index is 748. The van der Waals surface area contributed by atoms with Crippen LogP contribution in [0.25, 0.3) is 0 Å². The maximum atomic E-state index is 13.0. The summed E-state index contributed by atoms with van der Waals surface area (Å²) in [6.07, 6.45) is -0.0823. The topological polar surface area (TPSA) is 69.4 Å². The van der Waals surface area contributed by atoms with E-state index in [1.165, 1.54) is 12.1 Å². The van der Waals surface area contributed by atoms with Crippen LogP contribution in [0.1, 0.15) is 46.1 Å². The van der Waals surface area contributed by atoms with Crippen molar-refractivity contribution in [3.05, 3.63) is 39.9 Å². The van der Waals surface area contributed by atoms with Crippen LogP contribution in [-0.2, 0) is 9.22 Å². The number of carbonyl (C=O) groups is 1. The summed E-state index contributed by atoms with van der Waals surface area (Å²) in [6, 6.07) is 6.65. The van der Waals surface area contributed by atoms with Crippen LogP contribution in [0.5, 0.6) is 0 Å². The fraction of sp³-hybridized carbons (Fsp3) is 0.650. The molecule has 26 heavy (non-hydrogen) atoms. The monoisotopic (exact) mass is 375 g/mol. The van der Waals surface area contributed by atoms with Crippen molar-refractivity contribution in [2.45, 2.75) is 64.8 Å². The number of fused-ring (bicyclic) bond motifs is 1. The number of rotatable bonds is 4. The van der Waals surface area contributed by atoms with Crippen LogP contribution < -0.4 is 0 Å². The third-order valence-corrected chi connectivity index (χ3v) is 11.2. The van der Waals surface area contributed by atoms with Gasteiger partial charge in [-0.25, -0.2) is 0 Å². The largest absolute Gasteiger partial charge is 0.413 e. The summed E-state index contributed by atoms with van der Waals surface area (Å²) in [5, 5.41) is 11.0. The average Bonchev–Trinajstić information content (AvgIpc) is 3.20. The molecular formula is C20H29NO4Si. The highest BCUT2D eigenvalue weighted by Gasteiger charge is 2.71.